The molecule has 0 unspecified atom stereocenters. The maximum Gasteiger partial charge on any atom is 0.407 e. The molecule has 0 bridgehead atoms. The third kappa shape index (κ3) is 5.56. The molecule has 8 nitrogen and oxygen atoms in total. The molecule has 2 aliphatic rings. The first kappa shape index (κ1) is 22.9. The van der Waals surface area contributed by atoms with Crippen molar-refractivity contribution in [3.05, 3.63) is 42.2 Å². The summed E-state index contributed by atoms with van der Waals surface area (Å²) in [6.45, 7) is 7.33. The van der Waals surface area contributed by atoms with Crippen LogP contribution >= 0.6 is 0 Å². The van der Waals surface area contributed by atoms with Gasteiger partial charge < -0.3 is 25.0 Å². The highest BCUT2D eigenvalue weighted by Gasteiger charge is 2.34. The van der Waals surface area contributed by atoms with Gasteiger partial charge in [0, 0.05) is 36.9 Å². The average molecular weight is 453 g/mol. The van der Waals surface area contributed by atoms with Gasteiger partial charge in [-0.05, 0) is 63.8 Å². The molecule has 2 N–H and O–H groups in total. The number of alkyl carbamates (subject to hydrolysis) is 1. The molecule has 33 heavy (non-hydrogen) atoms. The number of pyridine rings is 1. The quantitative estimate of drug-likeness (QED) is 0.693. The summed E-state index contributed by atoms with van der Waals surface area (Å²) >= 11 is 0. The van der Waals surface area contributed by atoms with E-state index in [2.05, 4.69) is 20.5 Å². The Labute approximate surface area is 194 Å². The van der Waals surface area contributed by atoms with Gasteiger partial charge in [0.2, 0.25) is 0 Å². The van der Waals surface area contributed by atoms with Gasteiger partial charge in [0.05, 0.1) is 12.8 Å². The van der Waals surface area contributed by atoms with E-state index in [1.807, 2.05) is 51.1 Å². The molecular weight excluding hydrogens is 420 g/mol. The van der Waals surface area contributed by atoms with Crippen molar-refractivity contribution < 1.29 is 19.1 Å². The maximum absolute atomic E-state index is 13.0. The summed E-state index contributed by atoms with van der Waals surface area (Å²) in [4.78, 5) is 31.7. The summed E-state index contributed by atoms with van der Waals surface area (Å²) in [5.74, 6) is 0.615. The Balaban J connectivity index is 1.40. The number of carbonyl (C=O) groups excluding carboxylic acids is 2. The molecule has 1 aromatic heterocycles. The second-order valence-corrected chi connectivity index (χ2v) is 9.65. The van der Waals surface area contributed by atoms with Crippen molar-refractivity contribution in [3.63, 3.8) is 0 Å². The Morgan fingerprint density at radius 1 is 1.03 bits per heavy atom. The molecule has 2 heterocycles. The second-order valence-electron chi connectivity index (χ2n) is 9.65. The van der Waals surface area contributed by atoms with Crippen molar-refractivity contribution in [2.45, 2.75) is 57.7 Å². The Kier molecular flexibility index (Phi) is 6.44. The van der Waals surface area contributed by atoms with Crippen molar-refractivity contribution in [1.29, 1.82) is 0 Å². The number of ether oxygens (including phenoxy) is 2. The van der Waals surface area contributed by atoms with Gasteiger partial charge in [-0.1, -0.05) is 12.1 Å². The van der Waals surface area contributed by atoms with Crippen molar-refractivity contribution in [2.24, 2.45) is 0 Å². The predicted molar refractivity (Wildman–Crippen MR) is 127 cm³/mol. The molecule has 1 aromatic carbocycles. The fourth-order valence-corrected chi connectivity index (χ4v) is 3.95. The fraction of sp³-hybridized carbons (Fsp3) is 0.480. The smallest absolute Gasteiger partial charge is 0.407 e. The van der Waals surface area contributed by atoms with E-state index in [-0.39, 0.29) is 18.0 Å². The van der Waals surface area contributed by atoms with Crippen molar-refractivity contribution in [3.8, 4) is 16.9 Å². The first-order chi connectivity index (χ1) is 15.7. The summed E-state index contributed by atoms with van der Waals surface area (Å²) in [5.41, 5.74) is 2.75. The number of carbonyl (C=O) groups is 2. The molecule has 1 aliphatic heterocycles. The van der Waals surface area contributed by atoms with Gasteiger partial charge in [0.1, 0.15) is 11.4 Å². The van der Waals surface area contributed by atoms with Gasteiger partial charge in [-0.2, -0.15) is 0 Å². The number of methoxy groups -OCH3 is 1. The molecule has 176 valence electrons. The van der Waals surface area contributed by atoms with Crippen molar-refractivity contribution >= 4 is 17.7 Å². The number of rotatable bonds is 6. The molecule has 1 saturated carbocycles. The van der Waals surface area contributed by atoms with E-state index in [0.717, 1.165) is 42.1 Å². The van der Waals surface area contributed by atoms with E-state index in [9.17, 15) is 9.59 Å². The minimum absolute atomic E-state index is 0.00439. The maximum atomic E-state index is 13.0. The Bertz CT molecular complexity index is 1010. The van der Waals surface area contributed by atoms with Gasteiger partial charge in [0.25, 0.3) is 5.91 Å². The molecule has 2 fully saturated rings. The third-order valence-corrected chi connectivity index (χ3v) is 5.90. The van der Waals surface area contributed by atoms with E-state index in [1.165, 1.54) is 0 Å². The molecule has 2 amide bonds. The number of anilines is 1. The normalized spacial score (nSPS) is 19.7. The summed E-state index contributed by atoms with van der Waals surface area (Å²) < 4.78 is 10.5. The van der Waals surface area contributed by atoms with Crippen LogP contribution in [0, 0.1) is 0 Å². The van der Waals surface area contributed by atoms with Crippen molar-refractivity contribution in [2.75, 3.05) is 25.1 Å². The zero-order valence-corrected chi connectivity index (χ0v) is 19.7. The van der Waals surface area contributed by atoms with E-state index in [1.54, 1.807) is 13.3 Å². The second kappa shape index (κ2) is 9.29. The largest absolute Gasteiger partial charge is 0.497 e. The summed E-state index contributed by atoms with van der Waals surface area (Å²) in [7, 11) is 1.64. The van der Waals surface area contributed by atoms with Crippen LogP contribution in [0.4, 0.5) is 10.5 Å². The summed E-state index contributed by atoms with van der Waals surface area (Å²) in [5, 5.41) is 5.92. The predicted octanol–water partition coefficient (Wildman–Crippen LogP) is 3.75. The number of nitrogens with zero attached hydrogens (tertiary/aromatic N) is 2. The standard InChI is InChI=1S/C25H32N4O4/c1-25(2,3)33-24(31)28-19-13-18(14-19)27-23(30)22-21(29-10-5-11-29)12-17(15-26-22)16-6-8-20(32-4)9-7-16/h6-9,12,15,18-19H,5,10-11,13-14H2,1-4H3,(H,27,30)(H,28,31)/t18-,19+. The van der Waals surface area contributed by atoms with Gasteiger partial charge in [-0.15, -0.1) is 0 Å². The van der Waals surface area contributed by atoms with E-state index >= 15 is 0 Å². The molecular formula is C25H32N4O4. The number of benzene rings is 1. The Hall–Kier alpha value is -3.29. The lowest BCUT2D eigenvalue weighted by Crippen LogP contribution is -2.54. The van der Waals surface area contributed by atoms with Crippen LogP contribution in [0.25, 0.3) is 11.1 Å². The van der Waals surface area contributed by atoms with Crippen molar-refractivity contribution in [1.82, 2.24) is 15.6 Å². The topological polar surface area (TPSA) is 92.8 Å². The average Bonchev–Trinajstić information content (AvgIpc) is 2.69. The molecule has 1 saturated heterocycles. The van der Waals surface area contributed by atoms with Crippen LogP contribution in [-0.4, -0.2) is 54.9 Å². The van der Waals surface area contributed by atoms with Crippen LogP contribution in [0.3, 0.4) is 0 Å². The van der Waals surface area contributed by atoms with E-state index in [4.69, 9.17) is 9.47 Å². The SMILES string of the molecule is COc1ccc(-c2cnc(C(=O)N[C@H]3C[C@@H](NC(=O)OC(C)(C)C)C3)c(N3CCC3)c2)cc1. The lowest BCUT2D eigenvalue weighted by molar-refractivity contribution is 0.0465. The number of amides is 2. The summed E-state index contributed by atoms with van der Waals surface area (Å²) in [6.07, 6.45) is 3.78. The van der Waals surface area contributed by atoms with Crippen LogP contribution in [-0.2, 0) is 4.74 Å². The third-order valence-electron chi connectivity index (χ3n) is 5.90. The van der Waals surface area contributed by atoms with Crippen LogP contribution < -0.4 is 20.3 Å². The molecule has 0 spiro atoms. The highest BCUT2D eigenvalue weighted by atomic mass is 16.6. The van der Waals surface area contributed by atoms with Gasteiger partial charge in [-0.25, -0.2) is 9.78 Å². The van der Waals surface area contributed by atoms with Crippen LogP contribution in [0.15, 0.2) is 36.5 Å². The number of hydrogen-bond donors (Lipinski definition) is 2. The summed E-state index contributed by atoms with van der Waals surface area (Å²) in [6, 6.07) is 9.85. The van der Waals surface area contributed by atoms with Gasteiger partial charge in [0.15, 0.2) is 5.69 Å². The minimum atomic E-state index is -0.529. The number of hydrogen-bond acceptors (Lipinski definition) is 6. The molecule has 8 heteroatoms. The molecule has 0 radical (unpaired) electrons. The van der Waals surface area contributed by atoms with E-state index < -0.39 is 11.7 Å². The lowest BCUT2D eigenvalue weighted by atomic mass is 9.86. The number of nitrogens with one attached hydrogen (secondary N) is 2. The number of aromatic nitrogens is 1. The molecule has 2 aromatic rings. The molecule has 4 rings (SSSR count). The Morgan fingerprint density at radius 3 is 2.27 bits per heavy atom. The van der Waals surface area contributed by atoms with Gasteiger partial charge >= 0.3 is 6.09 Å². The molecule has 0 atom stereocenters. The molecule has 1 aliphatic carbocycles. The zero-order chi connectivity index (χ0) is 23.6. The van der Waals surface area contributed by atoms with Crippen LogP contribution in [0.5, 0.6) is 5.75 Å². The van der Waals surface area contributed by atoms with Crippen LogP contribution in [0.1, 0.15) is 50.5 Å². The lowest BCUT2D eigenvalue weighted by Gasteiger charge is -2.37. The Morgan fingerprint density at radius 2 is 1.70 bits per heavy atom. The van der Waals surface area contributed by atoms with E-state index in [0.29, 0.717) is 18.5 Å². The monoisotopic (exact) mass is 452 g/mol. The zero-order valence-electron chi connectivity index (χ0n) is 19.7. The minimum Gasteiger partial charge on any atom is -0.497 e. The van der Waals surface area contributed by atoms with Crippen LogP contribution in [0.2, 0.25) is 0 Å². The van der Waals surface area contributed by atoms with Gasteiger partial charge in [-0.3, -0.25) is 4.79 Å². The fourth-order valence-electron chi connectivity index (χ4n) is 3.95. The first-order valence-corrected chi connectivity index (χ1v) is 11.4. The highest BCUT2D eigenvalue weighted by molar-refractivity contribution is 5.99. The highest BCUT2D eigenvalue weighted by Crippen LogP contribution is 2.31. The first-order valence-electron chi connectivity index (χ1n) is 11.4.